The molecule has 1 N–H and O–H groups in total. The molecule has 0 aromatic rings. The third-order valence-corrected chi connectivity index (χ3v) is 0.667. The molecule has 0 aromatic carbocycles. The van der Waals surface area contributed by atoms with Gasteiger partial charge >= 0.3 is 42.8 Å². The summed E-state index contributed by atoms with van der Waals surface area (Å²) in [6, 6.07) is 1.25. The second-order valence-corrected chi connectivity index (χ2v) is 2.48. The van der Waals surface area contributed by atoms with Gasteiger partial charge in [0, 0.05) is 12.1 Å². The van der Waals surface area contributed by atoms with Gasteiger partial charge in [-0.15, -0.1) is 0 Å². The van der Waals surface area contributed by atoms with Crippen molar-refractivity contribution >= 4 is 23.9 Å². The minimum atomic E-state index is 0. The molecule has 0 bridgehead atoms. The maximum absolute atomic E-state index is 3.31. The molecule has 0 rings (SSSR count). The van der Waals surface area contributed by atoms with E-state index < -0.39 is 0 Å². The van der Waals surface area contributed by atoms with E-state index in [9.17, 15) is 0 Å². The van der Waals surface area contributed by atoms with E-state index in [1.165, 1.54) is 0 Å². The number of rotatable bonds is 2. The first-order chi connectivity index (χ1) is 3.13. The van der Waals surface area contributed by atoms with Gasteiger partial charge in [-0.2, -0.15) is 0 Å². The Balaban J connectivity index is -0.0000000600. The van der Waals surface area contributed by atoms with Crippen molar-refractivity contribution in [2.24, 2.45) is 0 Å². The Morgan fingerprint density at radius 3 is 1.22 bits per heavy atom. The van der Waals surface area contributed by atoms with Gasteiger partial charge in [-0.1, -0.05) is 27.7 Å². The monoisotopic (exact) mass is 231 g/mol. The van der Waals surface area contributed by atoms with Crippen LogP contribution in [0.25, 0.3) is 0 Å². The van der Waals surface area contributed by atoms with Crippen LogP contribution in [-0.4, -0.2) is 36.0 Å². The molecule has 0 aliphatic rings. The molecule has 0 saturated carbocycles. The molecule has 0 saturated heterocycles. The first-order valence-corrected chi connectivity index (χ1v) is 2.89. The summed E-state index contributed by atoms with van der Waals surface area (Å²) in [6.07, 6.45) is 0. The Labute approximate surface area is 89.0 Å². The zero-order valence-electron chi connectivity index (χ0n) is 8.36. The van der Waals surface area contributed by atoms with Crippen LogP contribution in [0.2, 0.25) is 0 Å². The van der Waals surface area contributed by atoms with E-state index in [4.69, 9.17) is 0 Å². The Morgan fingerprint density at radius 1 is 1.00 bits per heavy atom. The third kappa shape index (κ3) is 17.6. The van der Waals surface area contributed by atoms with Gasteiger partial charge in [0.15, 0.2) is 0 Å². The minimum absolute atomic E-state index is 0. The SMILES string of the molecule is CC(C)NC(C)C.[H-].[Li+].[SnH2]. The molecule has 0 amide bonds. The summed E-state index contributed by atoms with van der Waals surface area (Å²) in [5, 5.41) is 3.31. The first kappa shape index (κ1) is 16.8. The van der Waals surface area contributed by atoms with Gasteiger partial charge in [-0.3, -0.25) is 0 Å². The van der Waals surface area contributed by atoms with E-state index in [1.807, 2.05) is 0 Å². The quantitative estimate of drug-likeness (QED) is 0.521. The maximum atomic E-state index is 3.31. The predicted octanol–water partition coefficient (Wildman–Crippen LogP) is -2.41. The summed E-state index contributed by atoms with van der Waals surface area (Å²) in [6.45, 7) is 8.61. The van der Waals surface area contributed by atoms with Crippen LogP contribution >= 0.6 is 0 Å². The van der Waals surface area contributed by atoms with Crippen molar-refractivity contribution in [2.75, 3.05) is 0 Å². The number of hydrogen-bond acceptors (Lipinski definition) is 1. The molecule has 0 fully saturated rings. The molecular formula is C6H18LiNSn. The molecule has 0 aliphatic carbocycles. The van der Waals surface area contributed by atoms with Crippen molar-refractivity contribution in [1.82, 2.24) is 5.32 Å². The molecule has 2 radical (unpaired) electrons. The van der Waals surface area contributed by atoms with E-state index in [2.05, 4.69) is 33.0 Å². The van der Waals surface area contributed by atoms with Crippen LogP contribution in [0.15, 0.2) is 0 Å². The summed E-state index contributed by atoms with van der Waals surface area (Å²) >= 11 is 0. The van der Waals surface area contributed by atoms with E-state index in [1.54, 1.807) is 0 Å². The van der Waals surface area contributed by atoms with Crippen molar-refractivity contribution < 1.29 is 20.3 Å². The van der Waals surface area contributed by atoms with Crippen LogP contribution in [0.5, 0.6) is 0 Å². The van der Waals surface area contributed by atoms with E-state index in [0.29, 0.717) is 12.1 Å². The summed E-state index contributed by atoms with van der Waals surface area (Å²) < 4.78 is 0. The van der Waals surface area contributed by atoms with Crippen LogP contribution in [0.3, 0.4) is 0 Å². The number of hydrogen-bond donors (Lipinski definition) is 1. The standard InChI is InChI=1S/C6H15N.Li.Sn.3H/c1-5(2)7-6(3)4;;;;;/h5-7H,1-4H3;;;;;/q;+1;;;;-1. The van der Waals surface area contributed by atoms with Crippen molar-refractivity contribution in [3.63, 3.8) is 0 Å². The van der Waals surface area contributed by atoms with E-state index in [0.717, 1.165) is 0 Å². The van der Waals surface area contributed by atoms with Gasteiger partial charge in [0.25, 0.3) is 0 Å². The molecule has 9 heavy (non-hydrogen) atoms. The molecule has 3 heteroatoms. The van der Waals surface area contributed by atoms with Crippen LogP contribution in [0, 0.1) is 0 Å². The zero-order chi connectivity index (χ0) is 5.86. The molecule has 0 aliphatic heterocycles. The van der Waals surface area contributed by atoms with Gasteiger partial charge < -0.3 is 6.74 Å². The van der Waals surface area contributed by atoms with Gasteiger partial charge in [0.2, 0.25) is 0 Å². The normalized spacial score (nSPS) is 8.67. The van der Waals surface area contributed by atoms with E-state index in [-0.39, 0.29) is 44.2 Å². The van der Waals surface area contributed by atoms with Crippen LogP contribution in [0.4, 0.5) is 0 Å². The van der Waals surface area contributed by atoms with Crippen LogP contribution in [0.1, 0.15) is 29.1 Å². The Kier molecular flexibility index (Phi) is 17.4. The van der Waals surface area contributed by atoms with Gasteiger partial charge in [0.05, 0.1) is 0 Å². The molecule has 0 heterocycles. The van der Waals surface area contributed by atoms with Crippen molar-refractivity contribution in [1.29, 1.82) is 0 Å². The fourth-order valence-electron chi connectivity index (χ4n) is 0.667. The van der Waals surface area contributed by atoms with Crippen molar-refractivity contribution in [2.45, 2.75) is 39.8 Å². The molecule has 1 nitrogen and oxygen atoms in total. The second kappa shape index (κ2) is 9.36. The Hall–Kier alpha value is 1.36. The molecule has 0 unspecified atom stereocenters. The molecule has 0 aromatic heterocycles. The molecule has 52 valence electrons. The number of nitrogens with one attached hydrogen (secondary N) is 1. The molecule has 0 spiro atoms. The van der Waals surface area contributed by atoms with Crippen LogP contribution in [-0.2, 0) is 0 Å². The Morgan fingerprint density at radius 2 is 1.22 bits per heavy atom. The molecule has 0 atom stereocenters. The zero-order valence-corrected chi connectivity index (χ0v) is 11.4. The third-order valence-electron chi connectivity index (χ3n) is 0.667. The Bertz CT molecular complexity index is 47.0. The summed E-state index contributed by atoms with van der Waals surface area (Å²) in [5.74, 6) is 0. The fraction of sp³-hybridized carbons (Fsp3) is 1.00. The topological polar surface area (TPSA) is 12.0 Å². The average Bonchev–Trinajstić information content (AvgIpc) is 1.27. The first-order valence-electron chi connectivity index (χ1n) is 2.89. The fourth-order valence-corrected chi connectivity index (χ4v) is 0.667. The average molecular weight is 230 g/mol. The van der Waals surface area contributed by atoms with Gasteiger partial charge in [0.1, 0.15) is 0 Å². The van der Waals surface area contributed by atoms with Crippen LogP contribution < -0.4 is 24.2 Å². The van der Waals surface area contributed by atoms with Gasteiger partial charge in [-0.05, 0) is 0 Å². The van der Waals surface area contributed by atoms with Crippen molar-refractivity contribution in [3.8, 4) is 0 Å². The molecular weight excluding hydrogens is 212 g/mol. The summed E-state index contributed by atoms with van der Waals surface area (Å²) in [4.78, 5) is 0. The predicted molar refractivity (Wildman–Crippen MR) is 43.1 cm³/mol. The summed E-state index contributed by atoms with van der Waals surface area (Å²) in [7, 11) is 0. The summed E-state index contributed by atoms with van der Waals surface area (Å²) in [5.41, 5.74) is 0. The van der Waals surface area contributed by atoms with E-state index >= 15 is 0 Å². The van der Waals surface area contributed by atoms with Gasteiger partial charge in [-0.25, -0.2) is 0 Å². The van der Waals surface area contributed by atoms with Crippen molar-refractivity contribution in [3.05, 3.63) is 0 Å². The second-order valence-electron chi connectivity index (χ2n) is 2.48.